The van der Waals surface area contributed by atoms with Crippen molar-refractivity contribution < 1.29 is 4.79 Å². The Kier molecular flexibility index (Phi) is 5.31. The Labute approximate surface area is 131 Å². The molecule has 1 aromatic rings. The predicted octanol–water partition coefficient (Wildman–Crippen LogP) is 2.38. The second-order valence-corrected chi connectivity index (χ2v) is 6.25. The molecule has 21 heavy (non-hydrogen) atoms. The minimum Gasteiger partial charge on any atom is -0.389 e. The molecule has 0 aromatic heterocycles. The van der Waals surface area contributed by atoms with E-state index in [2.05, 4.69) is 10.2 Å². The monoisotopic (exact) mass is 305 g/mol. The van der Waals surface area contributed by atoms with Crippen molar-refractivity contribution in [2.45, 2.75) is 32.2 Å². The van der Waals surface area contributed by atoms with Crippen LogP contribution in [0.5, 0.6) is 0 Å². The molecule has 0 aliphatic heterocycles. The summed E-state index contributed by atoms with van der Waals surface area (Å²) >= 11 is 5.02. The second-order valence-electron chi connectivity index (χ2n) is 5.81. The van der Waals surface area contributed by atoms with Crippen LogP contribution in [0, 0.1) is 5.92 Å². The largest absolute Gasteiger partial charge is 0.389 e. The average molecular weight is 305 g/mol. The zero-order chi connectivity index (χ0) is 15.4. The summed E-state index contributed by atoms with van der Waals surface area (Å²) in [6.45, 7) is 2.91. The zero-order valence-electron chi connectivity index (χ0n) is 12.6. The number of hydrogen-bond acceptors (Lipinski definition) is 3. The number of para-hydroxylation sites is 1. The van der Waals surface area contributed by atoms with Gasteiger partial charge in [-0.05, 0) is 44.9 Å². The van der Waals surface area contributed by atoms with Crippen LogP contribution in [0.3, 0.4) is 0 Å². The van der Waals surface area contributed by atoms with Crippen molar-refractivity contribution in [3.8, 4) is 0 Å². The molecule has 2 rings (SSSR count). The molecule has 0 saturated heterocycles. The van der Waals surface area contributed by atoms with Gasteiger partial charge in [-0.3, -0.25) is 9.69 Å². The van der Waals surface area contributed by atoms with Gasteiger partial charge in [-0.15, -0.1) is 0 Å². The fourth-order valence-corrected chi connectivity index (χ4v) is 2.66. The summed E-state index contributed by atoms with van der Waals surface area (Å²) in [6, 6.07) is 7.19. The summed E-state index contributed by atoms with van der Waals surface area (Å²) in [5, 5.41) is 2.93. The molecule has 0 spiro atoms. The molecule has 1 aliphatic rings. The number of carbonyl (C=O) groups excluding carboxylic acids is 1. The van der Waals surface area contributed by atoms with E-state index in [1.54, 1.807) is 0 Å². The van der Waals surface area contributed by atoms with Crippen molar-refractivity contribution in [3.63, 3.8) is 0 Å². The first kappa shape index (κ1) is 15.9. The number of nitrogens with zero attached hydrogens (tertiary/aromatic N) is 1. The molecule has 1 saturated carbocycles. The fourth-order valence-electron chi connectivity index (χ4n) is 2.49. The first-order valence-corrected chi connectivity index (χ1v) is 7.79. The molecule has 0 radical (unpaired) electrons. The Hall–Kier alpha value is -1.46. The average Bonchev–Trinajstić information content (AvgIpc) is 2.42. The van der Waals surface area contributed by atoms with Gasteiger partial charge >= 0.3 is 0 Å². The van der Waals surface area contributed by atoms with E-state index in [4.69, 9.17) is 18.0 Å². The molecule has 5 heteroatoms. The van der Waals surface area contributed by atoms with Crippen LogP contribution < -0.4 is 11.1 Å². The first-order chi connectivity index (χ1) is 9.99. The van der Waals surface area contributed by atoms with Gasteiger partial charge in [-0.1, -0.05) is 30.8 Å². The van der Waals surface area contributed by atoms with Gasteiger partial charge in [-0.2, -0.15) is 0 Å². The number of hydrogen-bond donors (Lipinski definition) is 2. The van der Waals surface area contributed by atoms with Crippen LogP contribution in [-0.2, 0) is 4.79 Å². The lowest BCUT2D eigenvalue weighted by atomic mass is 9.85. The molecule has 1 atom stereocenters. The van der Waals surface area contributed by atoms with Crippen LogP contribution in [0.25, 0.3) is 0 Å². The highest BCUT2D eigenvalue weighted by Crippen LogP contribution is 2.27. The summed E-state index contributed by atoms with van der Waals surface area (Å²) in [4.78, 5) is 14.8. The SMILES string of the molecule is CC(C(=O)Nc1ccccc1C(N)=S)N(C)CC1CCC1. The van der Waals surface area contributed by atoms with E-state index in [-0.39, 0.29) is 11.9 Å². The van der Waals surface area contributed by atoms with Gasteiger partial charge in [0.25, 0.3) is 0 Å². The highest BCUT2D eigenvalue weighted by molar-refractivity contribution is 7.80. The Morgan fingerprint density at radius 3 is 2.71 bits per heavy atom. The van der Waals surface area contributed by atoms with Crippen LogP contribution in [-0.4, -0.2) is 35.4 Å². The third-order valence-electron chi connectivity index (χ3n) is 4.26. The number of rotatable bonds is 6. The first-order valence-electron chi connectivity index (χ1n) is 7.39. The normalized spacial score (nSPS) is 16.3. The van der Waals surface area contributed by atoms with Crippen molar-refractivity contribution in [1.29, 1.82) is 0 Å². The minimum atomic E-state index is -0.176. The summed E-state index contributed by atoms with van der Waals surface area (Å²) in [5.41, 5.74) is 7.07. The molecular formula is C16H23N3OS. The van der Waals surface area contributed by atoms with Gasteiger partial charge in [0.15, 0.2) is 0 Å². The maximum atomic E-state index is 12.4. The number of nitrogens with one attached hydrogen (secondary N) is 1. The molecule has 3 N–H and O–H groups in total. The highest BCUT2D eigenvalue weighted by Gasteiger charge is 2.24. The van der Waals surface area contributed by atoms with E-state index in [1.807, 2.05) is 38.2 Å². The van der Waals surface area contributed by atoms with Gasteiger partial charge in [-0.25, -0.2) is 0 Å². The van der Waals surface area contributed by atoms with Crippen molar-refractivity contribution >= 4 is 28.8 Å². The van der Waals surface area contributed by atoms with Crippen LogP contribution >= 0.6 is 12.2 Å². The quantitative estimate of drug-likeness (QED) is 0.792. The topological polar surface area (TPSA) is 58.4 Å². The van der Waals surface area contributed by atoms with Gasteiger partial charge < -0.3 is 11.1 Å². The van der Waals surface area contributed by atoms with E-state index in [0.29, 0.717) is 16.2 Å². The molecule has 114 valence electrons. The van der Waals surface area contributed by atoms with Crippen LogP contribution in [0.1, 0.15) is 31.7 Å². The maximum Gasteiger partial charge on any atom is 0.241 e. The van der Waals surface area contributed by atoms with Crippen molar-refractivity contribution in [3.05, 3.63) is 29.8 Å². The third kappa shape index (κ3) is 4.02. The Bertz CT molecular complexity index is 528. The zero-order valence-corrected chi connectivity index (χ0v) is 13.5. The molecule has 0 bridgehead atoms. The van der Waals surface area contributed by atoms with Gasteiger partial charge in [0.2, 0.25) is 5.91 Å². The smallest absolute Gasteiger partial charge is 0.241 e. The lowest BCUT2D eigenvalue weighted by Gasteiger charge is -2.32. The summed E-state index contributed by atoms with van der Waals surface area (Å²) < 4.78 is 0. The number of amides is 1. The van der Waals surface area contributed by atoms with Crippen LogP contribution in [0.4, 0.5) is 5.69 Å². The number of nitrogens with two attached hydrogens (primary N) is 1. The molecule has 1 fully saturated rings. The van der Waals surface area contributed by atoms with Crippen molar-refractivity contribution in [2.75, 3.05) is 18.9 Å². The number of anilines is 1. The molecule has 1 aliphatic carbocycles. The molecule has 0 heterocycles. The Balaban J connectivity index is 1.98. The summed E-state index contributed by atoms with van der Waals surface area (Å²) in [7, 11) is 2.00. The number of likely N-dealkylation sites (N-methyl/N-ethyl adjacent to an activating group) is 1. The predicted molar refractivity (Wildman–Crippen MR) is 90.4 cm³/mol. The van der Waals surface area contributed by atoms with Gasteiger partial charge in [0, 0.05) is 12.1 Å². The molecule has 1 aromatic carbocycles. The minimum absolute atomic E-state index is 0.0273. The van der Waals surface area contributed by atoms with Gasteiger partial charge in [0.1, 0.15) is 4.99 Å². The van der Waals surface area contributed by atoms with E-state index >= 15 is 0 Å². The fraction of sp³-hybridized carbons (Fsp3) is 0.500. The number of benzene rings is 1. The standard InChI is InChI=1S/C16H23N3OS/c1-11(19(2)10-12-6-5-7-12)16(20)18-14-9-4-3-8-13(14)15(17)21/h3-4,8-9,11-12H,5-7,10H2,1-2H3,(H2,17,21)(H,18,20). The second kappa shape index (κ2) is 7.00. The van der Waals surface area contributed by atoms with Crippen LogP contribution in [0.15, 0.2) is 24.3 Å². The van der Waals surface area contributed by atoms with E-state index in [0.717, 1.165) is 12.5 Å². The van der Waals surface area contributed by atoms with Crippen LogP contribution in [0.2, 0.25) is 0 Å². The lowest BCUT2D eigenvalue weighted by molar-refractivity contribution is -0.120. The maximum absolute atomic E-state index is 12.4. The van der Waals surface area contributed by atoms with E-state index in [1.165, 1.54) is 19.3 Å². The van der Waals surface area contributed by atoms with E-state index in [9.17, 15) is 4.79 Å². The Morgan fingerprint density at radius 1 is 1.48 bits per heavy atom. The summed E-state index contributed by atoms with van der Waals surface area (Å²) in [5.74, 6) is 0.717. The van der Waals surface area contributed by atoms with E-state index < -0.39 is 0 Å². The molecule has 1 unspecified atom stereocenters. The summed E-state index contributed by atoms with van der Waals surface area (Å²) in [6.07, 6.45) is 3.88. The number of carbonyl (C=O) groups is 1. The third-order valence-corrected chi connectivity index (χ3v) is 4.48. The van der Waals surface area contributed by atoms with Crippen molar-refractivity contribution in [2.24, 2.45) is 11.7 Å². The van der Waals surface area contributed by atoms with Gasteiger partial charge in [0.05, 0.1) is 11.7 Å². The molecular weight excluding hydrogens is 282 g/mol. The number of thiocarbonyl (C=S) groups is 1. The molecule has 4 nitrogen and oxygen atoms in total. The Morgan fingerprint density at radius 2 is 2.14 bits per heavy atom. The van der Waals surface area contributed by atoms with Crippen molar-refractivity contribution in [1.82, 2.24) is 4.90 Å². The highest BCUT2D eigenvalue weighted by atomic mass is 32.1. The molecule has 1 amide bonds. The lowest BCUT2D eigenvalue weighted by Crippen LogP contribution is -2.43.